The van der Waals surface area contributed by atoms with E-state index in [1.165, 1.54) is 34.5 Å². The van der Waals surface area contributed by atoms with Gasteiger partial charge >= 0.3 is 0 Å². The highest BCUT2D eigenvalue weighted by atomic mass is 35.5. The second-order valence-electron chi connectivity index (χ2n) is 7.02. The van der Waals surface area contributed by atoms with E-state index in [0.29, 0.717) is 49.4 Å². The smallest absolute Gasteiger partial charge is 0.258 e. The molecule has 0 aliphatic rings. The summed E-state index contributed by atoms with van der Waals surface area (Å²) in [5, 5.41) is 9.93. The zero-order valence-corrected chi connectivity index (χ0v) is 19.2. The molecule has 164 valence electrons. The Morgan fingerprint density at radius 1 is 0.970 bits per heavy atom. The predicted molar refractivity (Wildman–Crippen MR) is 128 cm³/mol. The fourth-order valence-electron chi connectivity index (χ4n) is 3.37. The van der Waals surface area contributed by atoms with Crippen molar-refractivity contribution >= 4 is 40.6 Å². The normalized spacial score (nSPS) is 11.2. The van der Waals surface area contributed by atoms with E-state index < -0.39 is 5.82 Å². The number of pyridine rings is 1. The molecule has 0 saturated heterocycles. The van der Waals surface area contributed by atoms with Crippen molar-refractivity contribution in [3.63, 3.8) is 0 Å². The van der Waals surface area contributed by atoms with Crippen LogP contribution in [0.5, 0.6) is 0 Å². The van der Waals surface area contributed by atoms with E-state index in [1.54, 1.807) is 47.0 Å². The first-order chi connectivity index (χ1) is 16.0. The van der Waals surface area contributed by atoms with Crippen LogP contribution in [0.15, 0.2) is 82.9 Å². The van der Waals surface area contributed by atoms with E-state index in [0.717, 1.165) is 0 Å². The Balaban J connectivity index is 1.56. The van der Waals surface area contributed by atoms with Gasteiger partial charge in [0.15, 0.2) is 11.0 Å². The van der Waals surface area contributed by atoms with Gasteiger partial charge < -0.3 is 0 Å². The number of nitrogens with zero attached hydrogens (tertiary/aromatic N) is 5. The van der Waals surface area contributed by atoms with Crippen LogP contribution in [-0.4, -0.2) is 24.1 Å². The minimum absolute atomic E-state index is 0.245. The van der Waals surface area contributed by atoms with Crippen molar-refractivity contribution in [3.8, 4) is 17.1 Å². The maximum Gasteiger partial charge on any atom is 0.258 e. The molecular formula is C23H14Cl2FN5OS. The maximum atomic E-state index is 14.8. The van der Waals surface area contributed by atoms with Crippen molar-refractivity contribution in [1.82, 2.24) is 24.1 Å². The minimum atomic E-state index is -0.425. The molecule has 0 unspecified atom stereocenters. The zero-order valence-electron chi connectivity index (χ0n) is 16.8. The lowest BCUT2D eigenvalue weighted by atomic mass is 10.2. The highest BCUT2D eigenvalue weighted by Gasteiger charge is 2.20. The Labute approximate surface area is 201 Å². The molecule has 0 fully saturated rings. The average molecular weight is 498 g/mol. The largest absolute Gasteiger partial charge is 0.269 e. The summed E-state index contributed by atoms with van der Waals surface area (Å²) in [6.45, 7) is 0. The van der Waals surface area contributed by atoms with Gasteiger partial charge in [0.2, 0.25) is 0 Å². The monoisotopic (exact) mass is 497 g/mol. The van der Waals surface area contributed by atoms with Crippen molar-refractivity contribution < 1.29 is 4.39 Å². The van der Waals surface area contributed by atoms with E-state index in [2.05, 4.69) is 15.2 Å². The van der Waals surface area contributed by atoms with Gasteiger partial charge in [0.05, 0.1) is 21.4 Å². The summed E-state index contributed by atoms with van der Waals surface area (Å²) in [4.78, 5) is 17.0. The molecule has 33 heavy (non-hydrogen) atoms. The topological polar surface area (TPSA) is 65.1 Å². The SMILES string of the molecule is O=c1cc(CSc2nnc(-c3ccccc3Cl)n2-c2ccccc2F)nc2ccc(Cl)cn12. The molecular weight excluding hydrogens is 484 g/mol. The van der Waals surface area contributed by atoms with Crippen LogP contribution in [0.25, 0.3) is 22.7 Å². The van der Waals surface area contributed by atoms with Crippen molar-refractivity contribution in [3.05, 3.63) is 105 Å². The molecule has 6 nitrogen and oxygen atoms in total. The Morgan fingerprint density at radius 2 is 1.76 bits per heavy atom. The number of aromatic nitrogens is 5. The van der Waals surface area contributed by atoms with E-state index in [9.17, 15) is 9.18 Å². The van der Waals surface area contributed by atoms with E-state index in [-0.39, 0.29) is 5.56 Å². The van der Waals surface area contributed by atoms with Crippen LogP contribution >= 0.6 is 35.0 Å². The molecule has 5 rings (SSSR count). The van der Waals surface area contributed by atoms with Gasteiger partial charge in [-0.1, -0.05) is 59.2 Å². The van der Waals surface area contributed by atoms with E-state index >= 15 is 0 Å². The van der Waals surface area contributed by atoms with Gasteiger partial charge in [-0.3, -0.25) is 13.8 Å². The third-order valence-corrected chi connectivity index (χ3v) is 6.38. The summed E-state index contributed by atoms with van der Waals surface area (Å²) in [6.07, 6.45) is 1.52. The van der Waals surface area contributed by atoms with E-state index in [1.807, 2.05) is 12.1 Å². The summed E-state index contributed by atoms with van der Waals surface area (Å²) >= 11 is 13.6. The lowest BCUT2D eigenvalue weighted by Crippen LogP contribution is -2.15. The molecule has 0 aliphatic carbocycles. The number of rotatable bonds is 5. The Bertz CT molecular complexity index is 1550. The van der Waals surface area contributed by atoms with Crippen molar-refractivity contribution in [2.45, 2.75) is 10.9 Å². The number of para-hydroxylation sites is 1. The lowest BCUT2D eigenvalue weighted by Gasteiger charge is -2.12. The first-order valence-corrected chi connectivity index (χ1v) is 11.5. The molecule has 0 bridgehead atoms. The van der Waals surface area contributed by atoms with Gasteiger partial charge in [0, 0.05) is 23.6 Å². The summed E-state index contributed by atoms with van der Waals surface area (Å²) < 4.78 is 17.8. The van der Waals surface area contributed by atoms with Crippen LogP contribution in [0.2, 0.25) is 10.0 Å². The number of halogens is 3. The molecule has 0 atom stereocenters. The quantitative estimate of drug-likeness (QED) is 0.292. The van der Waals surface area contributed by atoms with Gasteiger partial charge in [-0.05, 0) is 36.4 Å². The average Bonchev–Trinajstić information content (AvgIpc) is 3.22. The summed E-state index contributed by atoms with van der Waals surface area (Å²) in [5.74, 6) is 0.310. The predicted octanol–water partition coefficient (Wildman–Crippen LogP) is 5.68. The van der Waals surface area contributed by atoms with Gasteiger partial charge in [0.25, 0.3) is 5.56 Å². The third kappa shape index (κ3) is 4.25. The minimum Gasteiger partial charge on any atom is -0.269 e. The van der Waals surface area contributed by atoms with Crippen LogP contribution in [0, 0.1) is 5.82 Å². The van der Waals surface area contributed by atoms with Gasteiger partial charge in [0.1, 0.15) is 11.5 Å². The highest BCUT2D eigenvalue weighted by molar-refractivity contribution is 7.98. The van der Waals surface area contributed by atoms with Crippen LogP contribution < -0.4 is 5.56 Å². The molecule has 3 heterocycles. The molecule has 0 saturated carbocycles. The molecule has 10 heteroatoms. The van der Waals surface area contributed by atoms with Gasteiger partial charge in [-0.15, -0.1) is 10.2 Å². The Hall–Kier alpha value is -3.20. The Kier molecular flexibility index (Phi) is 5.88. The lowest BCUT2D eigenvalue weighted by molar-refractivity contribution is 0.613. The number of thioether (sulfide) groups is 1. The number of hydrogen-bond acceptors (Lipinski definition) is 5. The molecule has 0 spiro atoms. The third-order valence-electron chi connectivity index (χ3n) is 4.87. The van der Waals surface area contributed by atoms with Crippen molar-refractivity contribution in [1.29, 1.82) is 0 Å². The van der Waals surface area contributed by atoms with Crippen LogP contribution in [0.1, 0.15) is 5.69 Å². The van der Waals surface area contributed by atoms with E-state index in [4.69, 9.17) is 23.2 Å². The van der Waals surface area contributed by atoms with Crippen LogP contribution in [0.3, 0.4) is 0 Å². The first-order valence-electron chi connectivity index (χ1n) is 9.77. The Morgan fingerprint density at radius 3 is 2.58 bits per heavy atom. The second kappa shape index (κ2) is 8.97. The number of hydrogen-bond donors (Lipinski definition) is 0. The van der Waals surface area contributed by atoms with Gasteiger partial charge in [-0.2, -0.15) is 0 Å². The summed E-state index contributed by atoms with van der Waals surface area (Å²) in [5.41, 5.74) is 1.71. The van der Waals surface area contributed by atoms with Crippen LogP contribution in [-0.2, 0) is 5.75 Å². The fraction of sp³-hybridized carbons (Fsp3) is 0.0435. The zero-order chi connectivity index (χ0) is 22.9. The number of benzene rings is 2. The summed E-state index contributed by atoms with van der Waals surface area (Å²) in [6, 6.07) is 18.3. The molecule has 0 N–H and O–H groups in total. The molecule has 0 aliphatic heterocycles. The summed E-state index contributed by atoms with van der Waals surface area (Å²) in [7, 11) is 0. The first kappa shape index (κ1) is 21.6. The molecule has 0 amide bonds. The number of fused-ring (bicyclic) bond motifs is 1. The second-order valence-corrected chi connectivity index (χ2v) is 8.81. The van der Waals surface area contributed by atoms with Crippen molar-refractivity contribution in [2.75, 3.05) is 0 Å². The molecule has 3 aromatic heterocycles. The molecule has 2 aromatic carbocycles. The van der Waals surface area contributed by atoms with Crippen molar-refractivity contribution in [2.24, 2.45) is 0 Å². The maximum absolute atomic E-state index is 14.8. The molecule has 5 aromatic rings. The van der Waals surface area contributed by atoms with Gasteiger partial charge in [-0.25, -0.2) is 9.37 Å². The molecule has 0 radical (unpaired) electrons. The standard InChI is InChI=1S/C23H14Cl2FN5OS/c24-14-9-10-20-27-15(11-21(32)30(20)12-14)13-33-23-29-28-22(16-5-1-2-6-17(16)25)31(23)19-8-4-3-7-18(19)26/h1-12H,13H2. The highest BCUT2D eigenvalue weighted by Crippen LogP contribution is 2.33. The fourth-order valence-corrected chi connectivity index (χ4v) is 4.59. The van der Waals surface area contributed by atoms with Crippen LogP contribution in [0.4, 0.5) is 4.39 Å².